The number of ether oxygens (including phenoxy) is 2. The van der Waals surface area contributed by atoms with Crippen LogP contribution >= 0.6 is 0 Å². The number of rotatable bonds is 12. The standard InChI is InChI=1S/C16H29O9Si.C3H8O.CH4.3Na/c1-5-13(20)7-15(25-12(4)19)9-16(26(21,22)23)8-14(6-10(2)17)24-11(3)18;1-3(2)4;;;;/h10,13-17,20H,5-9H2,1-4H3;3-4H,1-2H3;1H4;;;/q-3;;;3*+1. The van der Waals surface area contributed by atoms with Gasteiger partial charge in [-0.15, -0.1) is 0 Å². The van der Waals surface area contributed by atoms with Crippen molar-refractivity contribution in [3.8, 4) is 0 Å². The van der Waals surface area contributed by atoms with Crippen LogP contribution in [0.25, 0.3) is 0 Å². The molecule has 0 rings (SSSR count). The average Bonchev–Trinajstić information content (AvgIpc) is 2.50. The van der Waals surface area contributed by atoms with E-state index >= 15 is 0 Å². The molecule has 14 heteroatoms. The van der Waals surface area contributed by atoms with Gasteiger partial charge in [0.25, 0.3) is 0 Å². The smallest absolute Gasteiger partial charge is 0.881 e. The van der Waals surface area contributed by atoms with Gasteiger partial charge in [-0.3, -0.25) is 18.4 Å². The van der Waals surface area contributed by atoms with E-state index in [2.05, 4.69) is 0 Å². The minimum absolute atomic E-state index is 0. The van der Waals surface area contributed by atoms with Crippen LogP contribution in [-0.2, 0) is 19.1 Å². The van der Waals surface area contributed by atoms with E-state index < -0.39 is 50.7 Å². The molecular weight excluding hydrogens is 497 g/mol. The normalized spacial score (nSPS) is 14.6. The molecule has 0 saturated heterocycles. The largest absolute Gasteiger partial charge is 1.00 e. The second-order valence-corrected chi connectivity index (χ2v) is 9.73. The van der Waals surface area contributed by atoms with Crippen molar-refractivity contribution in [3.05, 3.63) is 0 Å². The van der Waals surface area contributed by atoms with Crippen LogP contribution in [-0.4, -0.2) is 66.6 Å². The van der Waals surface area contributed by atoms with Gasteiger partial charge >= 0.3 is 101 Å². The number of esters is 2. The molecule has 0 heterocycles. The van der Waals surface area contributed by atoms with Crippen molar-refractivity contribution in [1.29, 1.82) is 0 Å². The molecule has 0 amide bonds. The minimum Gasteiger partial charge on any atom is -0.881 e. The van der Waals surface area contributed by atoms with Gasteiger partial charge in [-0.25, -0.2) is 0 Å². The van der Waals surface area contributed by atoms with Gasteiger partial charge in [0.1, 0.15) is 12.2 Å². The Morgan fingerprint density at radius 2 is 1.12 bits per heavy atom. The van der Waals surface area contributed by atoms with Gasteiger partial charge < -0.3 is 39.2 Å². The average molecular weight is 539 g/mol. The molecule has 0 aromatic rings. The molecule has 0 spiro atoms. The summed E-state index contributed by atoms with van der Waals surface area (Å²) in [6.45, 7) is 8.88. The van der Waals surface area contributed by atoms with Crippen LogP contribution in [0, 0.1) is 0 Å². The minimum atomic E-state index is -5.42. The zero-order valence-electron chi connectivity index (χ0n) is 21.7. The Kier molecular flexibility index (Phi) is 38.2. The molecule has 0 aromatic heterocycles. The monoisotopic (exact) mass is 538 g/mol. The summed E-state index contributed by atoms with van der Waals surface area (Å²) in [4.78, 5) is 57.6. The molecule has 0 bridgehead atoms. The Bertz CT molecular complexity index is 491. The maximum Gasteiger partial charge on any atom is 1.00 e. The second kappa shape index (κ2) is 26.5. The predicted octanol–water partition coefficient (Wildman–Crippen LogP) is -10.0. The Morgan fingerprint density at radius 1 is 0.794 bits per heavy atom. The summed E-state index contributed by atoms with van der Waals surface area (Å²) in [5, 5.41) is 27.3. The summed E-state index contributed by atoms with van der Waals surface area (Å²) in [6.07, 6.45) is -4.06. The van der Waals surface area contributed by atoms with Crippen LogP contribution in [0.5, 0.6) is 0 Å². The molecule has 3 N–H and O–H groups in total. The van der Waals surface area contributed by atoms with Gasteiger partial charge in [0, 0.05) is 32.8 Å². The zero-order chi connectivity index (χ0) is 24.1. The molecule has 0 radical (unpaired) electrons. The van der Waals surface area contributed by atoms with E-state index in [0.717, 1.165) is 13.8 Å². The van der Waals surface area contributed by atoms with Gasteiger partial charge in [-0.05, 0) is 40.0 Å². The molecule has 34 heavy (non-hydrogen) atoms. The molecule has 188 valence electrons. The van der Waals surface area contributed by atoms with E-state index in [9.17, 15) is 34.2 Å². The summed E-state index contributed by atoms with van der Waals surface area (Å²) in [6, 6.07) is 0. The van der Waals surface area contributed by atoms with Gasteiger partial charge in [0.05, 0.1) is 12.2 Å². The first-order chi connectivity index (χ1) is 13.6. The van der Waals surface area contributed by atoms with Crippen LogP contribution in [0.4, 0.5) is 0 Å². The van der Waals surface area contributed by atoms with E-state index in [4.69, 9.17) is 14.6 Å². The molecule has 0 aliphatic rings. The summed E-state index contributed by atoms with van der Waals surface area (Å²) in [5.41, 5.74) is -1.45. The quantitative estimate of drug-likeness (QED) is 0.159. The maximum absolute atomic E-state index is 11.7. The fraction of sp³-hybridized carbons (Fsp3) is 0.900. The van der Waals surface area contributed by atoms with Crippen LogP contribution < -0.4 is 103 Å². The van der Waals surface area contributed by atoms with Gasteiger partial charge in [0.15, 0.2) is 0 Å². The number of aliphatic hydroxyl groups is 3. The first-order valence-electron chi connectivity index (χ1n) is 10.1. The molecule has 0 aliphatic carbocycles. The molecule has 0 aliphatic heterocycles. The molecular formula is C20H41Na3O10Si. The van der Waals surface area contributed by atoms with Crippen molar-refractivity contribution in [2.75, 3.05) is 0 Å². The number of carbonyl (C=O) groups excluding carboxylic acids is 2. The van der Waals surface area contributed by atoms with Gasteiger partial charge in [-0.2, -0.15) is 0 Å². The molecule has 0 fully saturated rings. The third-order valence-electron chi connectivity index (χ3n) is 3.87. The van der Waals surface area contributed by atoms with Crippen LogP contribution in [0.2, 0.25) is 5.54 Å². The number of hydrogen-bond donors (Lipinski definition) is 3. The summed E-state index contributed by atoms with van der Waals surface area (Å²) >= 11 is 0. The Morgan fingerprint density at radius 3 is 1.35 bits per heavy atom. The van der Waals surface area contributed by atoms with E-state index in [1.54, 1.807) is 20.8 Å². The SMILES string of the molecule is C.CC(C)O.CCC(O)CC(CC(CC(CC(C)O)OC(C)=O)[Si]([O-])([O-])[O-])OC(C)=O.[Na+].[Na+].[Na+]. The van der Waals surface area contributed by atoms with E-state index in [0.29, 0.717) is 6.42 Å². The predicted molar refractivity (Wildman–Crippen MR) is 111 cm³/mol. The first-order valence-corrected chi connectivity index (χ1v) is 11.9. The fourth-order valence-corrected chi connectivity index (χ4v) is 3.83. The van der Waals surface area contributed by atoms with E-state index in [-0.39, 0.29) is 128 Å². The third-order valence-corrected chi connectivity index (χ3v) is 5.34. The molecule has 0 saturated carbocycles. The van der Waals surface area contributed by atoms with Crippen molar-refractivity contribution in [2.45, 2.75) is 117 Å². The number of hydrogen-bond acceptors (Lipinski definition) is 10. The van der Waals surface area contributed by atoms with Crippen molar-refractivity contribution >= 4 is 20.7 Å². The van der Waals surface area contributed by atoms with Crippen LogP contribution in [0.15, 0.2) is 0 Å². The van der Waals surface area contributed by atoms with E-state index in [1.165, 1.54) is 6.92 Å². The van der Waals surface area contributed by atoms with Crippen LogP contribution in [0.3, 0.4) is 0 Å². The summed E-state index contributed by atoms with van der Waals surface area (Å²) in [7, 11) is -5.42. The number of carbonyl (C=O) groups is 2. The van der Waals surface area contributed by atoms with E-state index in [1.807, 2.05) is 0 Å². The Labute approximate surface area is 272 Å². The van der Waals surface area contributed by atoms with Crippen molar-refractivity contribution in [3.63, 3.8) is 0 Å². The Balaban J connectivity index is -0.000000226. The van der Waals surface area contributed by atoms with Crippen molar-refractivity contribution < 1.29 is 137 Å². The number of aliphatic hydroxyl groups excluding tert-OH is 3. The van der Waals surface area contributed by atoms with Crippen molar-refractivity contribution in [2.24, 2.45) is 0 Å². The van der Waals surface area contributed by atoms with Gasteiger partial charge in [0.2, 0.25) is 0 Å². The fourth-order valence-electron chi connectivity index (χ4n) is 2.72. The molecule has 5 atom stereocenters. The third kappa shape index (κ3) is 31.9. The summed E-state index contributed by atoms with van der Waals surface area (Å²) in [5.74, 6) is -1.32. The maximum atomic E-state index is 11.7. The second-order valence-electron chi connectivity index (χ2n) is 7.71. The zero-order valence-corrected chi connectivity index (χ0v) is 28.7. The van der Waals surface area contributed by atoms with Crippen LogP contribution in [0.1, 0.15) is 81.1 Å². The molecule has 5 unspecified atom stereocenters. The first kappa shape index (κ1) is 48.9. The van der Waals surface area contributed by atoms with Gasteiger partial charge in [-0.1, -0.05) is 19.9 Å². The molecule has 10 nitrogen and oxygen atoms in total. The molecule has 0 aromatic carbocycles. The summed E-state index contributed by atoms with van der Waals surface area (Å²) < 4.78 is 10.0. The Hall–Kier alpha value is 1.92. The topological polar surface area (TPSA) is 182 Å². The van der Waals surface area contributed by atoms with Crippen molar-refractivity contribution in [1.82, 2.24) is 0 Å².